The third-order valence-corrected chi connectivity index (χ3v) is 5.24. The Balaban J connectivity index is 2.62. The molecule has 1 aliphatic heterocycles. The van der Waals surface area contributed by atoms with Crippen molar-refractivity contribution in [1.29, 1.82) is 0 Å². The van der Waals surface area contributed by atoms with Gasteiger partial charge in [-0.1, -0.05) is 13.8 Å². The Morgan fingerprint density at radius 2 is 1.22 bits per heavy atom. The van der Waals surface area contributed by atoms with Crippen molar-refractivity contribution in [3.63, 3.8) is 0 Å². The number of aliphatic hydroxyl groups excluding tert-OH is 3. The summed E-state index contributed by atoms with van der Waals surface area (Å²) in [5, 5.41) is 31.8. The molecule has 7 heteroatoms. The second-order valence-electron chi connectivity index (χ2n) is 8.54. The maximum Gasteiger partial charge on any atom is 0.0558 e. The van der Waals surface area contributed by atoms with E-state index in [0.717, 1.165) is 91.3 Å². The molecule has 4 N–H and O–H groups in total. The number of hydrogen-bond donors (Lipinski definition) is 4. The van der Waals surface area contributed by atoms with Gasteiger partial charge in [-0.3, -0.25) is 4.90 Å². The maximum atomic E-state index is 9.62. The van der Waals surface area contributed by atoms with Crippen LogP contribution in [0.4, 0.5) is 0 Å². The number of rotatable bonds is 7. The fourth-order valence-corrected chi connectivity index (χ4v) is 3.70. The summed E-state index contributed by atoms with van der Waals surface area (Å²) >= 11 is 0. The molecular weight excluding hydrogens is 344 g/mol. The Kier molecular flexibility index (Phi) is 13.5. The zero-order valence-electron chi connectivity index (χ0n) is 17.7. The van der Waals surface area contributed by atoms with Gasteiger partial charge in [-0.25, -0.2) is 0 Å². The molecule has 1 aliphatic rings. The van der Waals surface area contributed by atoms with E-state index >= 15 is 0 Å². The van der Waals surface area contributed by atoms with Crippen molar-refractivity contribution >= 4 is 0 Å². The smallest absolute Gasteiger partial charge is 0.0558 e. The van der Waals surface area contributed by atoms with Gasteiger partial charge in [-0.15, -0.1) is 0 Å². The van der Waals surface area contributed by atoms with E-state index < -0.39 is 0 Å². The molecule has 162 valence electrons. The van der Waals surface area contributed by atoms with Gasteiger partial charge >= 0.3 is 0 Å². The highest BCUT2D eigenvalue weighted by molar-refractivity contribution is 4.74. The lowest BCUT2D eigenvalue weighted by atomic mass is 9.94. The van der Waals surface area contributed by atoms with Gasteiger partial charge in [0.2, 0.25) is 0 Å². The SMILES string of the molecule is CC(C)(CO)CN1CCCNCCN(CCO)CCCN(CCO)CCC1. The predicted molar refractivity (Wildman–Crippen MR) is 111 cm³/mol. The van der Waals surface area contributed by atoms with Crippen LogP contribution in [-0.4, -0.2) is 122 Å². The van der Waals surface area contributed by atoms with Gasteiger partial charge in [-0.05, 0) is 58.5 Å². The van der Waals surface area contributed by atoms with Crippen LogP contribution < -0.4 is 5.32 Å². The lowest BCUT2D eigenvalue weighted by molar-refractivity contribution is 0.0979. The fraction of sp³-hybridized carbons (Fsp3) is 1.00. The van der Waals surface area contributed by atoms with Gasteiger partial charge in [0.15, 0.2) is 0 Å². The van der Waals surface area contributed by atoms with E-state index in [4.69, 9.17) is 0 Å². The molecule has 0 bridgehead atoms. The molecule has 1 heterocycles. The van der Waals surface area contributed by atoms with Crippen LogP contribution in [0.5, 0.6) is 0 Å². The van der Waals surface area contributed by atoms with Crippen LogP contribution >= 0.6 is 0 Å². The Morgan fingerprint density at radius 1 is 0.704 bits per heavy atom. The summed E-state index contributed by atoms with van der Waals surface area (Å²) in [6, 6.07) is 0. The first-order chi connectivity index (χ1) is 13.0. The van der Waals surface area contributed by atoms with Gasteiger partial charge in [0.05, 0.1) is 13.2 Å². The highest BCUT2D eigenvalue weighted by Gasteiger charge is 2.21. The van der Waals surface area contributed by atoms with Crippen LogP contribution in [0.2, 0.25) is 0 Å². The summed E-state index contributed by atoms with van der Waals surface area (Å²) in [6.07, 6.45) is 3.23. The number of β-amino-alcohol motifs (C(OH)–C–C–N with tert-alkyl or cyclic N) is 2. The molecule has 0 amide bonds. The highest BCUT2D eigenvalue weighted by Crippen LogP contribution is 2.16. The van der Waals surface area contributed by atoms with Crippen LogP contribution in [-0.2, 0) is 0 Å². The summed E-state index contributed by atoms with van der Waals surface area (Å²) in [6.45, 7) is 15.2. The van der Waals surface area contributed by atoms with Crippen molar-refractivity contribution in [2.75, 3.05) is 91.8 Å². The quantitative estimate of drug-likeness (QED) is 0.475. The molecule has 1 rings (SSSR count). The summed E-state index contributed by atoms with van der Waals surface area (Å²) < 4.78 is 0. The Labute approximate surface area is 166 Å². The second-order valence-corrected chi connectivity index (χ2v) is 8.54. The maximum absolute atomic E-state index is 9.62. The number of nitrogens with one attached hydrogen (secondary N) is 1. The van der Waals surface area contributed by atoms with Crippen LogP contribution in [0.25, 0.3) is 0 Å². The van der Waals surface area contributed by atoms with E-state index in [1.165, 1.54) is 0 Å². The van der Waals surface area contributed by atoms with E-state index in [1.807, 2.05) is 0 Å². The van der Waals surface area contributed by atoms with Gasteiger partial charge in [0.1, 0.15) is 0 Å². The predicted octanol–water partition coefficient (Wildman–Crippen LogP) is -0.331. The average molecular weight is 389 g/mol. The van der Waals surface area contributed by atoms with E-state index in [1.54, 1.807) is 0 Å². The van der Waals surface area contributed by atoms with E-state index in [0.29, 0.717) is 0 Å². The normalized spacial score (nSPS) is 21.7. The molecule has 0 aromatic carbocycles. The monoisotopic (exact) mass is 388 g/mol. The first-order valence-corrected chi connectivity index (χ1v) is 10.7. The van der Waals surface area contributed by atoms with Gasteiger partial charge in [0.25, 0.3) is 0 Å². The molecular formula is C20H44N4O3. The van der Waals surface area contributed by atoms with Gasteiger partial charge in [-0.2, -0.15) is 0 Å². The zero-order chi connectivity index (χ0) is 20.0. The standard InChI is InChI=1S/C20H44N4O3/c1-20(2,19-27)18-24-8-3-6-21-7-13-23(15-17-26)11-4-9-22(14-16-25)10-5-12-24/h21,25-27H,3-19H2,1-2H3. The number of hydrogen-bond acceptors (Lipinski definition) is 7. The minimum Gasteiger partial charge on any atom is -0.396 e. The minimum atomic E-state index is -0.0775. The minimum absolute atomic E-state index is 0.0775. The third kappa shape index (κ3) is 12.0. The molecule has 0 unspecified atom stereocenters. The van der Waals surface area contributed by atoms with E-state index in [2.05, 4.69) is 33.9 Å². The second kappa shape index (κ2) is 14.7. The molecule has 0 radical (unpaired) electrons. The summed E-state index contributed by atoms with van der Waals surface area (Å²) in [4.78, 5) is 7.15. The Hall–Kier alpha value is -0.280. The van der Waals surface area contributed by atoms with Crippen molar-refractivity contribution < 1.29 is 15.3 Å². The zero-order valence-corrected chi connectivity index (χ0v) is 17.7. The molecule has 1 fully saturated rings. The van der Waals surface area contributed by atoms with Gasteiger partial charge < -0.3 is 30.4 Å². The lowest BCUT2D eigenvalue weighted by Crippen LogP contribution is -2.39. The fourth-order valence-electron chi connectivity index (χ4n) is 3.70. The Bertz CT molecular complexity index is 358. The van der Waals surface area contributed by atoms with Crippen molar-refractivity contribution in [1.82, 2.24) is 20.0 Å². The van der Waals surface area contributed by atoms with Crippen LogP contribution in [0.15, 0.2) is 0 Å². The molecule has 0 aliphatic carbocycles. The first-order valence-electron chi connectivity index (χ1n) is 10.7. The molecule has 0 aromatic rings. The molecule has 0 atom stereocenters. The summed E-state index contributed by atoms with van der Waals surface area (Å²) in [5.41, 5.74) is -0.0775. The third-order valence-electron chi connectivity index (χ3n) is 5.24. The molecule has 7 nitrogen and oxygen atoms in total. The van der Waals surface area contributed by atoms with Crippen molar-refractivity contribution in [3.05, 3.63) is 0 Å². The average Bonchev–Trinajstić information content (AvgIpc) is 2.64. The molecule has 27 heavy (non-hydrogen) atoms. The van der Waals surface area contributed by atoms with Crippen molar-refractivity contribution in [2.45, 2.75) is 33.1 Å². The largest absolute Gasteiger partial charge is 0.396 e. The number of nitrogens with zero attached hydrogens (tertiary/aromatic N) is 3. The molecule has 0 aromatic heterocycles. The highest BCUT2D eigenvalue weighted by atomic mass is 16.3. The first kappa shape index (κ1) is 24.8. The van der Waals surface area contributed by atoms with Crippen LogP contribution in [0.3, 0.4) is 0 Å². The molecule has 0 spiro atoms. The van der Waals surface area contributed by atoms with E-state index in [9.17, 15) is 15.3 Å². The summed E-state index contributed by atoms with van der Waals surface area (Å²) in [7, 11) is 0. The van der Waals surface area contributed by atoms with E-state index in [-0.39, 0.29) is 25.2 Å². The van der Waals surface area contributed by atoms with Crippen molar-refractivity contribution in [3.8, 4) is 0 Å². The molecule has 0 saturated carbocycles. The van der Waals surface area contributed by atoms with Gasteiger partial charge in [0, 0.05) is 44.7 Å². The summed E-state index contributed by atoms with van der Waals surface area (Å²) in [5.74, 6) is 0. The molecule has 1 saturated heterocycles. The van der Waals surface area contributed by atoms with Crippen LogP contribution in [0.1, 0.15) is 33.1 Å². The number of aliphatic hydroxyl groups is 3. The lowest BCUT2D eigenvalue weighted by Gasteiger charge is -2.32. The Morgan fingerprint density at radius 3 is 1.78 bits per heavy atom. The van der Waals surface area contributed by atoms with Crippen LogP contribution in [0, 0.1) is 5.41 Å². The topological polar surface area (TPSA) is 82.4 Å². The van der Waals surface area contributed by atoms with Crippen molar-refractivity contribution in [2.24, 2.45) is 5.41 Å².